The van der Waals surface area contributed by atoms with Gasteiger partial charge in [-0.05, 0) is 36.4 Å². The van der Waals surface area contributed by atoms with Crippen molar-refractivity contribution >= 4 is 17.5 Å². The highest BCUT2D eigenvalue weighted by Gasteiger charge is 2.14. The number of benzene rings is 2. The Morgan fingerprint density at radius 1 is 1.21 bits per heavy atom. The van der Waals surface area contributed by atoms with Gasteiger partial charge in [-0.1, -0.05) is 35.9 Å². The summed E-state index contributed by atoms with van der Waals surface area (Å²) in [5.74, 6) is 1.42. The van der Waals surface area contributed by atoms with E-state index in [-0.39, 0.29) is 12.7 Å². The van der Waals surface area contributed by atoms with Crippen molar-refractivity contribution < 1.29 is 14.3 Å². The Kier molecular flexibility index (Phi) is 5.23. The standard InChI is InChI=1S/C18H19ClN2O3/c1-21(10-14-4-2-3-5-15(14)19)11-18(22)20-9-13-6-7-16-17(8-13)24-12-23-16/h2-8H,9-12H2,1H3,(H,20,22). The molecule has 1 N–H and O–H groups in total. The Hall–Kier alpha value is -2.24. The normalized spacial score (nSPS) is 12.5. The van der Waals surface area contributed by atoms with Crippen LogP contribution in [0.1, 0.15) is 11.1 Å². The van der Waals surface area contributed by atoms with Crippen LogP contribution >= 0.6 is 11.6 Å². The summed E-state index contributed by atoms with van der Waals surface area (Å²) >= 11 is 6.14. The van der Waals surface area contributed by atoms with Gasteiger partial charge in [-0.3, -0.25) is 9.69 Å². The third-order valence-electron chi connectivity index (χ3n) is 3.74. The highest BCUT2D eigenvalue weighted by molar-refractivity contribution is 6.31. The molecule has 0 spiro atoms. The van der Waals surface area contributed by atoms with Crippen LogP contribution in [0.25, 0.3) is 0 Å². The van der Waals surface area contributed by atoms with Crippen molar-refractivity contribution in [3.63, 3.8) is 0 Å². The van der Waals surface area contributed by atoms with Gasteiger partial charge in [0.2, 0.25) is 12.7 Å². The van der Waals surface area contributed by atoms with E-state index >= 15 is 0 Å². The molecule has 3 rings (SSSR count). The predicted octanol–water partition coefficient (Wildman–Crippen LogP) is 2.82. The highest BCUT2D eigenvalue weighted by atomic mass is 35.5. The van der Waals surface area contributed by atoms with Crippen LogP contribution in [-0.4, -0.2) is 31.2 Å². The maximum absolute atomic E-state index is 12.1. The Morgan fingerprint density at radius 3 is 2.83 bits per heavy atom. The number of likely N-dealkylation sites (N-methyl/N-ethyl adjacent to an activating group) is 1. The Bertz CT molecular complexity index is 736. The van der Waals surface area contributed by atoms with Crippen molar-refractivity contribution in [2.24, 2.45) is 0 Å². The Balaban J connectivity index is 1.48. The van der Waals surface area contributed by atoms with Gasteiger partial charge >= 0.3 is 0 Å². The molecule has 0 aliphatic carbocycles. The molecule has 0 saturated heterocycles. The van der Waals surface area contributed by atoms with Gasteiger partial charge in [0.25, 0.3) is 0 Å². The van der Waals surface area contributed by atoms with E-state index in [2.05, 4.69) is 5.32 Å². The molecule has 1 amide bonds. The molecular weight excluding hydrogens is 328 g/mol. The van der Waals surface area contributed by atoms with Gasteiger partial charge in [0.15, 0.2) is 11.5 Å². The zero-order valence-electron chi connectivity index (χ0n) is 13.4. The molecule has 0 fully saturated rings. The molecule has 0 unspecified atom stereocenters. The van der Waals surface area contributed by atoms with Crippen LogP contribution in [0.15, 0.2) is 42.5 Å². The number of carbonyl (C=O) groups is 1. The van der Waals surface area contributed by atoms with Crippen molar-refractivity contribution in [1.82, 2.24) is 10.2 Å². The molecule has 0 radical (unpaired) electrons. The summed E-state index contributed by atoms with van der Waals surface area (Å²) < 4.78 is 10.6. The van der Waals surface area contributed by atoms with E-state index in [0.29, 0.717) is 24.7 Å². The van der Waals surface area contributed by atoms with Crippen LogP contribution in [0.2, 0.25) is 5.02 Å². The van der Waals surface area contributed by atoms with Gasteiger partial charge in [0, 0.05) is 18.1 Å². The minimum atomic E-state index is -0.0396. The lowest BCUT2D eigenvalue weighted by Crippen LogP contribution is -2.34. The SMILES string of the molecule is CN(CC(=O)NCc1ccc2c(c1)OCO2)Cc1ccccc1Cl. The second-order valence-electron chi connectivity index (χ2n) is 5.73. The minimum absolute atomic E-state index is 0.0396. The zero-order valence-corrected chi connectivity index (χ0v) is 14.2. The fraction of sp³-hybridized carbons (Fsp3) is 0.278. The van der Waals surface area contributed by atoms with Gasteiger partial charge in [-0.2, -0.15) is 0 Å². The first kappa shape index (κ1) is 16.6. The lowest BCUT2D eigenvalue weighted by atomic mass is 10.2. The number of rotatable bonds is 6. The lowest BCUT2D eigenvalue weighted by molar-refractivity contribution is -0.122. The molecule has 0 atom stereocenters. The van der Waals surface area contributed by atoms with Crippen LogP contribution in [-0.2, 0) is 17.9 Å². The maximum atomic E-state index is 12.1. The third kappa shape index (κ3) is 4.19. The number of hydrogen-bond donors (Lipinski definition) is 1. The van der Waals surface area contributed by atoms with E-state index in [0.717, 1.165) is 22.6 Å². The highest BCUT2D eigenvalue weighted by Crippen LogP contribution is 2.32. The van der Waals surface area contributed by atoms with Gasteiger partial charge in [-0.25, -0.2) is 0 Å². The summed E-state index contributed by atoms with van der Waals surface area (Å²) in [5.41, 5.74) is 1.98. The molecule has 126 valence electrons. The number of ether oxygens (including phenoxy) is 2. The summed E-state index contributed by atoms with van der Waals surface area (Å²) in [6.07, 6.45) is 0. The van der Waals surface area contributed by atoms with E-state index in [1.807, 2.05) is 54.4 Å². The molecule has 1 aliphatic heterocycles. The van der Waals surface area contributed by atoms with Crippen LogP contribution < -0.4 is 14.8 Å². The van der Waals surface area contributed by atoms with Crippen molar-refractivity contribution in [3.05, 3.63) is 58.6 Å². The summed E-state index contributed by atoms with van der Waals surface area (Å²) in [7, 11) is 1.89. The van der Waals surface area contributed by atoms with Crippen molar-refractivity contribution in [2.45, 2.75) is 13.1 Å². The number of nitrogens with zero attached hydrogens (tertiary/aromatic N) is 1. The second-order valence-corrected chi connectivity index (χ2v) is 6.14. The average Bonchev–Trinajstić information content (AvgIpc) is 3.02. The summed E-state index contributed by atoms with van der Waals surface area (Å²) in [6, 6.07) is 13.3. The Morgan fingerprint density at radius 2 is 2.00 bits per heavy atom. The molecule has 1 aliphatic rings. The number of nitrogens with one attached hydrogen (secondary N) is 1. The molecule has 6 heteroatoms. The van der Waals surface area contributed by atoms with E-state index in [9.17, 15) is 4.79 Å². The van der Waals surface area contributed by atoms with Crippen LogP contribution in [0.5, 0.6) is 11.5 Å². The first-order chi connectivity index (χ1) is 11.6. The van der Waals surface area contributed by atoms with Crippen LogP contribution in [0.4, 0.5) is 0 Å². The number of halogens is 1. The third-order valence-corrected chi connectivity index (χ3v) is 4.11. The van der Waals surface area contributed by atoms with Crippen LogP contribution in [0.3, 0.4) is 0 Å². The largest absolute Gasteiger partial charge is 0.454 e. The van der Waals surface area contributed by atoms with E-state index in [4.69, 9.17) is 21.1 Å². The minimum Gasteiger partial charge on any atom is -0.454 e. The van der Waals surface area contributed by atoms with Gasteiger partial charge < -0.3 is 14.8 Å². The summed E-state index contributed by atoms with van der Waals surface area (Å²) in [5, 5.41) is 3.62. The number of hydrogen-bond acceptors (Lipinski definition) is 4. The fourth-order valence-corrected chi connectivity index (χ4v) is 2.72. The summed E-state index contributed by atoms with van der Waals surface area (Å²) in [4.78, 5) is 14.0. The first-order valence-corrected chi connectivity index (χ1v) is 8.07. The molecule has 5 nitrogen and oxygen atoms in total. The van der Waals surface area contributed by atoms with Gasteiger partial charge in [0.05, 0.1) is 6.54 Å². The van der Waals surface area contributed by atoms with E-state index in [1.54, 1.807) is 0 Å². The predicted molar refractivity (Wildman–Crippen MR) is 92.2 cm³/mol. The molecule has 0 aromatic heterocycles. The topological polar surface area (TPSA) is 50.8 Å². The molecule has 2 aromatic rings. The quantitative estimate of drug-likeness (QED) is 0.874. The molecule has 1 heterocycles. The van der Waals surface area contributed by atoms with E-state index in [1.165, 1.54) is 0 Å². The smallest absolute Gasteiger partial charge is 0.234 e. The Labute approximate surface area is 146 Å². The molecule has 24 heavy (non-hydrogen) atoms. The van der Waals surface area contributed by atoms with Gasteiger partial charge in [0.1, 0.15) is 0 Å². The van der Waals surface area contributed by atoms with Crippen molar-refractivity contribution in [1.29, 1.82) is 0 Å². The van der Waals surface area contributed by atoms with E-state index < -0.39 is 0 Å². The monoisotopic (exact) mass is 346 g/mol. The maximum Gasteiger partial charge on any atom is 0.234 e. The van der Waals surface area contributed by atoms with Crippen molar-refractivity contribution in [3.8, 4) is 11.5 Å². The van der Waals surface area contributed by atoms with Crippen molar-refractivity contribution in [2.75, 3.05) is 20.4 Å². The zero-order chi connectivity index (χ0) is 16.9. The fourth-order valence-electron chi connectivity index (χ4n) is 2.53. The number of carbonyl (C=O) groups excluding carboxylic acids is 1. The molecule has 2 aromatic carbocycles. The molecular formula is C18H19ClN2O3. The number of fused-ring (bicyclic) bond motifs is 1. The second kappa shape index (κ2) is 7.55. The number of amides is 1. The lowest BCUT2D eigenvalue weighted by Gasteiger charge is -2.17. The first-order valence-electron chi connectivity index (χ1n) is 7.69. The summed E-state index contributed by atoms with van der Waals surface area (Å²) in [6.45, 7) is 1.63. The van der Waals surface area contributed by atoms with Gasteiger partial charge in [-0.15, -0.1) is 0 Å². The average molecular weight is 347 g/mol. The molecule has 0 bridgehead atoms. The van der Waals surface area contributed by atoms with Crippen LogP contribution in [0, 0.1) is 0 Å². The molecule has 0 saturated carbocycles.